The minimum absolute atomic E-state index is 0.344. The van der Waals surface area contributed by atoms with Crippen molar-refractivity contribution in [1.82, 2.24) is 4.98 Å². The van der Waals surface area contributed by atoms with Gasteiger partial charge in [-0.2, -0.15) is 0 Å². The molecule has 0 spiro atoms. The van der Waals surface area contributed by atoms with E-state index < -0.39 is 9.84 Å². The van der Waals surface area contributed by atoms with Crippen LogP contribution in [0.5, 0.6) is 0 Å². The van der Waals surface area contributed by atoms with E-state index in [0.717, 1.165) is 9.79 Å². The van der Waals surface area contributed by atoms with Gasteiger partial charge in [-0.25, -0.2) is 8.42 Å². The first-order valence-electron chi connectivity index (χ1n) is 4.94. The third kappa shape index (κ3) is 3.31. The number of rotatable bonds is 3. The summed E-state index contributed by atoms with van der Waals surface area (Å²) in [5.41, 5.74) is 0. The molecule has 5 heteroatoms. The summed E-state index contributed by atoms with van der Waals surface area (Å²) in [6.07, 6.45) is 4.67. The van der Waals surface area contributed by atoms with Crippen molar-refractivity contribution >= 4 is 21.6 Å². The highest BCUT2D eigenvalue weighted by Gasteiger charge is 2.06. The van der Waals surface area contributed by atoms with Gasteiger partial charge in [0.25, 0.3) is 0 Å². The van der Waals surface area contributed by atoms with E-state index in [9.17, 15) is 8.42 Å². The Labute approximate surface area is 105 Å². The number of pyridine rings is 1. The van der Waals surface area contributed by atoms with Gasteiger partial charge in [0.15, 0.2) is 9.84 Å². The lowest BCUT2D eigenvalue weighted by atomic mass is 10.4. The third-order valence-corrected chi connectivity index (χ3v) is 4.28. The van der Waals surface area contributed by atoms with Crippen molar-refractivity contribution in [3.63, 3.8) is 0 Å². The van der Waals surface area contributed by atoms with E-state index in [2.05, 4.69) is 4.98 Å². The molecule has 2 rings (SSSR count). The van der Waals surface area contributed by atoms with Gasteiger partial charge < -0.3 is 0 Å². The molecule has 1 aromatic carbocycles. The van der Waals surface area contributed by atoms with Crippen molar-refractivity contribution in [1.29, 1.82) is 0 Å². The molecule has 0 amide bonds. The van der Waals surface area contributed by atoms with Gasteiger partial charge >= 0.3 is 0 Å². The summed E-state index contributed by atoms with van der Waals surface area (Å²) in [5.74, 6) is 0. The molecule has 0 aliphatic heterocycles. The van der Waals surface area contributed by atoms with Gasteiger partial charge in [0.2, 0.25) is 0 Å². The summed E-state index contributed by atoms with van der Waals surface area (Å²) in [5, 5.41) is 0. The zero-order chi connectivity index (χ0) is 12.3. The van der Waals surface area contributed by atoms with E-state index >= 15 is 0 Å². The van der Waals surface area contributed by atoms with Crippen molar-refractivity contribution in [3.05, 3.63) is 48.8 Å². The topological polar surface area (TPSA) is 47.0 Å². The molecule has 17 heavy (non-hydrogen) atoms. The quantitative estimate of drug-likeness (QED) is 0.856. The van der Waals surface area contributed by atoms with Gasteiger partial charge in [-0.3, -0.25) is 4.98 Å². The largest absolute Gasteiger partial charge is 0.265 e. The van der Waals surface area contributed by atoms with Gasteiger partial charge in [-0.05, 0) is 36.4 Å². The number of aromatic nitrogens is 1. The monoisotopic (exact) mass is 265 g/mol. The Morgan fingerprint density at radius 3 is 2.00 bits per heavy atom. The molecule has 0 unspecified atom stereocenters. The summed E-state index contributed by atoms with van der Waals surface area (Å²) < 4.78 is 22.6. The van der Waals surface area contributed by atoms with Crippen LogP contribution >= 0.6 is 11.8 Å². The molecular weight excluding hydrogens is 254 g/mol. The molecule has 0 bridgehead atoms. The second-order valence-electron chi connectivity index (χ2n) is 3.53. The first-order valence-corrected chi connectivity index (χ1v) is 7.64. The molecule has 0 atom stereocenters. The average molecular weight is 265 g/mol. The molecule has 0 saturated heterocycles. The van der Waals surface area contributed by atoms with Crippen LogP contribution in [0.1, 0.15) is 0 Å². The molecule has 2 aromatic rings. The van der Waals surface area contributed by atoms with Crippen LogP contribution in [0.15, 0.2) is 63.5 Å². The molecule has 0 radical (unpaired) electrons. The van der Waals surface area contributed by atoms with Crippen LogP contribution in [0, 0.1) is 0 Å². The maximum atomic E-state index is 11.3. The Morgan fingerprint density at radius 2 is 1.47 bits per heavy atom. The van der Waals surface area contributed by atoms with Gasteiger partial charge in [0.05, 0.1) is 4.90 Å². The Bertz CT molecular complexity index is 592. The van der Waals surface area contributed by atoms with E-state index in [4.69, 9.17) is 0 Å². The molecule has 1 aromatic heterocycles. The minimum atomic E-state index is -3.11. The van der Waals surface area contributed by atoms with Gasteiger partial charge in [0, 0.05) is 28.4 Å². The Kier molecular flexibility index (Phi) is 3.49. The molecule has 3 nitrogen and oxygen atoms in total. The highest BCUT2D eigenvalue weighted by Crippen LogP contribution is 2.27. The molecule has 88 valence electrons. The third-order valence-electron chi connectivity index (χ3n) is 2.14. The fourth-order valence-corrected chi connectivity index (χ4v) is 2.73. The van der Waals surface area contributed by atoms with Crippen molar-refractivity contribution in [2.75, 3.05) is 6.26 Å². The van der Waals surface area contributed by atoms with Crippen molar-refractivity contribution < 1.29 is 8.42 Å². The number of benzene rings is 1. The molecule has 0 fully saturated rings. The molecule has 0 saturated carbocycles. The Balaban J connectivity index is 2.20. The van der Waals surface area contributed by atoms with Gasteiger partial charge in [0.1, 0.15) is 0 Å². The van der Waals surface area contributed by atoms with Crippen LogP contribution in [0.2, 0.25) is 0 Å². The van der Waals surface area contributed by atoms with E-state index in [1.54, 1.807) is 36.3 Å². The van der Waals surface area contributed by atoms with Crippen LogP contribution in [0.25, 0.3) is 0 Å². The number of hydrogen-bond acceptors (Lipinski definition) is 4. The van der Waals surface area contributed by atoms with E-state index in [1.807, 2.05) is 24.3 Å². The lowest BCUT2D eigenvalue weighted by Gasteiger charge is -2.02. The minimum Gasteiger partial charge on any atom is -0.265 e. The zero-order valence-electron chi connectivity index (χ0n) is 9.20. The summed E-state index contributed by atoms with van der Waals surface area (Å²) in [7, 11) is -3.11. The Hall–Kier alpha value is -1.33. The normalized spacial score (nSPS) is 11.4. The summed E-state index contributed by atoms with van der Waals surface area (Å²) >= 11 is 1.57. The average Bonchev–Trinajstić information content (AvgIpc) is 2.30. The number of hydrogen-bond donors (Lipinski definition) is 0. The molecule has 0 aliphatic rings. The van der Waals surface area contributed by atoms with E-state index in [-0.39, 0.29) is 0 Å². The van der Waals surface area contributed by atoms with Crippen LogP contribution in [0.4, 0.5) is 0 Å². The number of sulfone groups is 1. The van der Waals surface area contributed by atoms with Crippen molar-refractivity contribution in [3.8, 4) is 0 Å². The van der Waals surface area contributed by atoms with E-state index in [1.165, 1.54) is 6.26 Å². The standard InChI is InChI=1S/C12H11NO2S2/c1-17(14,15)12-4-2-10(3-5-12)16-11-6-8-13-9-7-11/h2-9H,1H3. The van der Waals surface area contributed by atoms with Crippen molar-refractivity contribution in [2.45, 2.75) is 14.7 Å². The predicted molar refractivity (Wildman–Crippen MR) is 67.9 cm³/mol. The van der Waals surface area contributed by atoms with Gasteiger partial charge in [-0.15, -0.1) is 0 Å². The second kappa shape index (κ2) is 4.89. The summed E-state index contributed by atoms with van der Waals surface area (Å²) in [6.45, 7) is 0. The fraction of sp³-hybridized carbons (Fsp3) is 0.0833. The first-order chi connectivity index (χ1) is 8.05. The van der Waals surface area contributed by atoms with Gasteiger partial charge in [-0.1, -0.05) is 11.8 Å². The van der Waals surface area contributed by atoms with Crippen LogP contribution in [-0.2, 0) is 9.84 Å². The molecule has 0 N–H and O–H groups in total. The number of nitrogens with zero attached hydrogens (tertiary/aromatic N) is 1. The fourth-order valence-electron chi connectivity index (χ4n) is 1.30. The van der Waals surface area contributed by atoms with Crippen LogP contribution in [-0.4, -0.2) is 19.7 Å². The first kappa shape index (κ1) is 12.1. The molecule has 1 heterocycles. The zero-order valence-corrected chi connectivity index (χ0v) is 10.8. The maximum absolute atomic E-state index is 11.3. The SMILES string of the molecule is CS(=O)(=O)c1ccc(Sc2ccncc2)cc1. The lowest BCUT2D eigenvalue weighted by molar-refractivity contribution is 0.602. The predicted octanol–water partition coefficient (Wildman–Crippen LogP) is 2.64. The van der Waals surface area contributed by atoms with Crippen LogP contribution in [0.3, 0.4) is 0 Å². The smallest absolute Gasteiger partial charge is 0.175 e. The molecule has 0 aliphatic carbocycles. The summed E-state index contributed by atoms with van der Waals surface area (Å²) in [6, 6.07) is 10.7. The van der Waals surface area contributed by atoms with Crippen LogP contribution < -0.4 is 0 Å². The lowest BCUT2D eigenvalue weighted by Crippen LogP contribution is -1.95. The maximum Gasteiger partial charge on any atom is 0.175 e. The highest BCUT2D eigenvalue weighted by atomic mass is 32.2. The van der Waals surface area contributed by atoms with E-state index in [0.29, 0.717) is 4.90 Å². The van der Waals surface area contributed by atoms with Crippen molar-refractivity contribution in [2.24, 2.45) is 0 Å². The molecular formula is C12H11NO2S2. The second-order valence-corrected chi connectivity index (χ2v) is 6.69. The highest BCUT2D eigenvalue weighted by molar-refractivity contribution is 7.99. The Morgan fingerprint density at radius 1 is 0.941 bits per heavy atom. The summed E-state index contributed by atoms with van der Waals surface area (Å²) in [4.78, 5) is 6.36.